The number of likely N-dealkylation sites (N-methyl/N-ethyl adjacent to an activating group) is 1. The van der Waals surface area contributed by atoms with Gasteiger partial charge in [0.25, 0.3) is 0 Å². The van der Waals surface area contributed by atoms with E-state index >= 15 is 0 Å². The molecule has 0 aliphatic rings. The van der Waals surface area contributed by atoms with Crippen LogP contribution in [0.1, 0.15) is 17.2 Å². The second kappa shape index (κ2) is 7.61. The predicted molar refractivity (Wildman–Crippen MR) is 84.7 cm³/mol. The molecule has 2 N–H and O–H groups in total. The van der Waals surface area contributed by atoms with Crippen LogP contribution in [0.5, 0.6) is 5.75 Å². The van der Waals surface area contributed by atoms with Crippen LogP contribution in [0, 0.1) is 6.92 Å². The minimum absolute atomic E-state index is 0.0941. The van der Waals surface area contributed by atoms with Gasteiger partial charge in [-0.2, -0.15) is 5.10 Å². The van der Waals surface area contributed by atoms with Gasteiger partial charge in [0, 0.05) is 18.8 Å². The second-order valence-corrected chi connectivity index (χ2v) is 5.13. The Bertz CT molecular complexity index is 624. The molecule has 1 heterocycles. The molecule has 2 rings (SSSR count). The van der Waals surface area contributed by atoms with E-state index in [-0.39, 0.29) is 5.91 Å². The largest absolute Gasteiger partial charge is 0.492 e. The number of amides is 1. The Hall–Kier alpha value is -2.34. The van der Waals surface area contributed by atoms with Crippen LogP contribution in [0.15, 0.2) is 36.7 Å². The van der Waals surface area contributed by atoms with Crippen molar-refractivity contribution in [3.8, 4) is 5.75 Å². The van der Waals surface area contributed by atoms with Crippen LogP contribution >= 0.6 is 0 Å². The number of carbonyl (C=O) groups excluding carboxylic acids is 1. The van der Waals surface area contributed by atoms with Crippen molar-refractivity contribution in [2.24, 2.45) is 7.05 Å². The summed E-state index contributed by atoms with van der Waals surface area (Å²) in [6.45, 7) is 2.89. The molecule has 0 fully saturated rings. The lowest BCUT2D eigenvalue weighted by atomic mass is 10.1. The summed E-state index contributed by atoms with van der Waals surface area (Å²) in [7, 11) is 3.57. The first-order chi connectivity index (χ1) is 10.6. The van der Waals surface area contributed by atoms with E-state index in [9.17, 15) is 4.79 Å². The molecule has 0 bridgehead atoms. The van der Waals surface area contributed by atoms with Crippen LogP contribution in [-0.4, -0.2) is 35.9 Å². The lowest BCUT2D eigenvalue weighted by Crippen LogP contribution is -2.37. The van der Waals surface area contributed by atoms with Crippen molar-refractivity contribution < 1.29 is 9.53 Å². The van der Waals surface area contributed by atoms with Gasteiger partial charge >= 0.3 is 0 Å². The molecule has 0 aliphatic heterocycles. The molecule has 1 amide bonds. The van der Waals surface area contributed by atoms with E-state index in [1.165, 1.54) is 0 Å². The van der Waals surface area contributed by atoms with Crippen molar-refractivity contribution in [3.63, 3.8) is 0 Å². The SMILES string of the molecule is CNC(C(=O)NCCOc1cccc(C)c1)c1cnn(C)c1. The molecule has 6 heteroatoms. The summed E-state index contributed by atoms with van der Waals surface area (Å²) in [6, 6.07) is 7.42. The third-order valence-corrected chi connectivity index (χ3v) is 3.27. The van der Waals surface area contributed by atoms with Crippen molar-refractivity contribution >= 4 is 5.91 Å². The van der Waals surface area contributed by atoms with Crippen LogP contribution in [0.2, 0.25) is 0 Å². The van der Waals surface area contributed by atoms with Crippen molar-refractivity contribution in [2.45, 2.75) is 13.0 Å². The first-order valence-corrected chi connectivity index (χ1v) is 7.23. The van der Waals surface area contributed by atoms with Gasteiger partial charge in [-0.05, 0) is 31.7 Å². The lowest BCUT2D eigenvalue weighted by molar-refractivity contribution is -0.123. The Labute approximate surface area is 130 Å². The highest BCUT2D eigenvalue weighted by Gasteiger charge is 2.19. The monoisotopic (exact) mass is 302 g/mol. The fourth-order valence-electron chi connectivity index (χ4n) is 2.19. The lowest BCUT2D eigenvalue weighted by Gasteiger charge is -2.15. The van der Waals surface area contributed by atoms with E-state index in [4.69, 9.17) is 4.74 Å². The summed E-state index contributed by atoms with van der Waals surface area (Å²) in [5.41, 5.74) is 1.98. The molecule has 1 aromatic heterocycles. The molecule has 1 unspecified atom stereocenters. The molecule has 0 saturated heterocycles. The number of ether oxygens (including phenoxy) is 1. The number of carbonyl (C=O) groups is 1. The van der Waals surface area contributed by atoms with E-state index in [0.29, 0.717) is 13.2 Å². The van der Waals surface area contributed by atoms with Gasteiger partial charge in [-0.15, -0.1) is 0 Å². The van der Waals surface area contributed by atoms with Crippen LogP contribution in [0.25, 0.3) is 0 Å². The highest BCUT2D eigenvalue weighted by molar-refractivity contribution is 5.82. The number of hydrogen-bond donors (Lipinski definition) is 2. The number of aryl methyl sites for hydroxylation is 2. The van der Waals surface area contributed by atoms with Gasteiger partial charge < -0.3 is 15.4 Å². The van der Waals surface area contributed by atoms with Crippen LogP contribution in [0.3, 0.4) is 0 Å². The minimum Gasteiger partial charge on any atom is -0.492 e. The average molecular weight is 302 g/mol. The van der Waals surface area contributed by atoms with E-state index in [2.05, 4.69) is 15.7 Å². The Morgan fingerprint density at radius 1 is 1.45 bits per heavy atom. The maximum absolute atomic E-state index is 12.2. The quantitative estimate of drug-likeness (QED) is 0.754. The maximum Gasteiger partial charge on any atom is 0.241 e. The first kappa shape index (κ1) is 16.0. The van der Waals surface area contributed by atoms with Gasteiger partial charge in [-0.25, -0.2) is 0 Å². The summed E-state index contributed by atoms with van der Waals surface area (Å²) in [4.78, 5) is 12.2. The molecular formula is C16H22N4O2. The Morgan fingerprint density at radius 3 is 2.91 bits per heavy atom. The van der Waals surface area contributed by atoms with E-state index in [0.717, 1.165) is 16.9 Å². The van der Waals surface area contributed by atoms with E-state index in [1.54, 1.807) is 17.9 Å². The number of hydrogen-bond acceptors (Lipinski definition) is 4. The Morgan fingerprint density at radius 2 is 2.27 bits per heavy atom. The topological polar surface area (TPSA) is 68.2 Å². The van der Waals surface area contributed by atoms with Crippen LogP contribution in [-0.2, 0) is 11.8 Å². The molecule has 0 radical (unpaired) electrons. The zero-order valence-electron chi connectivity index (χ0n) is 13.2. The molecule has 0 saturated carbocycles. The van der Waals surface area contributed by atoms with Crippen molar-refractivity contribution in [1.29, 1.82) is 0 Å². The smallest absolute Gasteiger partial charge is 0.241 e. The third kappa shape index (κ3) is 4.33. The van der Waals surface area contributed by atoms with Gasteiger partial charge in [0.2, 0.25) is 5.91 Å². The minimum atomic E-state index is -0.410. The zero-order valence-corrected chi connectivity index (χ0v) is 13.2. The van der Waals surface area contributed by atoms with Gasteiger partial charge in [0.1, 0.15) is 18.4 Å². The molecule has 2 aromatic rings. The van der Waals surface area contributed by atoms with Gasteiger partial charge in [0.15, 0.2) is 0 Å². The fraction of sp³-hybridized carbons (Fsp3) is 0.375. The molecule has 1 aromatic carbocycles. The first-order valence-electron chi connectivity index (χ1n) is 7.23. The summed E-state index contributed by atoms with van der Waals surface area (Å²) < 4.78 is 7.28. The molecule has 118 valence electrons. The van der Waals surface area contributed by atoms with Gasteiger partial charge in [0.05, 0.1) is 12.7 Å². The Balaban J connectivity index is 1.79. The number of nitrogens with zero attached hydrogens (tertiary/aromatic N) is 2. The molecule has 22 heavy (non-hydrogen) atoms. The normalized spacial score (nSPS) is 12.0. The Kier molecular flexibility index (Phi) is 5.55. The average Bonchev–Trinajstić information content (AvgIpc) is 2.91. The highest BCUT2D eigenvalue weighted by Crippen LogP contribution is 2.12. The maximum atomic E-state index is 12.2. The van der Waals surface area contributed by atoms with Crippen LogP contribution < -0.4 is 15.4 Å². The number of benzene rings is 1. The second-order valence-electron chi connectivity index (χ2n) is 5.13. The highest BCUT2D eigenvalue weighted by atomic mass is 16.5. The van der Waals surface area contributed by atoms with Crippen molar-refractivity contribution in [2.75, 3.05) is 20.2 Å². The third-order valence-electron chi connectivity index (χ3n) is 3.27. The van der Waals surface area contributed by atoms with E-state index in [1.807, 2.05) is 44.4 Å². The zero-order chi connectivity index (χ0) is 15.9. The molecule has 0 spiro atoms. The fourth-order valence-corrected chi connectivity index (χ4v) is 2.19. The van der Waals surface area contributed by atoms with Gasteiger partial charge in [-0.1, -0.05) is 12.1 Å². The molecular weight excluding hydrogens is 280 g/mol. The van der Waals surface area contributed by atoms with E-state index < -0.39 is 6.04 Å². The molecule has 6 nitrogen and oxygen atoms in total. The number of rotatable bonds is 7. The predicted octanol–water partition coefficient (Wildman–Crippen LogP) is 1.18. The summed E-state index contributed by atoms with van der Waals surface area (Å²) in [5, 5.41) is 9.94. The number of nitrogens with one attached hydrogen (secondary N) is 2. The van der Waals surface area contributed by atoms with Crippen molar-refractivity contribution in [3.05, 3.63) is 47.8 Å². The molecule has 1 atom stereocenters. The molecule has 0 aliphatic carbocycles. The van der Waals surface area contributed by atoms with Crippen molar-refractivity contribution in [1.82, 2.24) is 20.4 Å². The standard InChI is InChI=1S/C16H22N4O2/c1-12-5-4-6-14(9-12)22-8-7-18-16(21)15(17-2)13-10-19-20(3)11-13/h4-6,9-11,15,17H,7-8H2,1-3H3,(H,18,21). The number of aromatic nitrogens is 2. The summed E-state index contributed by atoms with van der Waals surface area (Å²) in [6.07, 6.45) is 3.51. The van der Waals surface area contributed by atoms with Crippen LogP contribution in [0.4, 0.5) is 0 Å². The van der Waals surface area contributed by atoms with Gasteiger partial charge in [-0.3, -0.25) is 9.48 Å². The summed E-state index contributed by atoms with van der Waals surface area (Å²) in [5.74, 6) is 0.718. The summed E-state index contributed by atoms with van der Waals surface area (Å²) >= 11 is 0.